The van der Waals surface area contributed by atoms with Gasteiger partial charge in [0.05, 0.1) is 23.3 Å². The Hall–Kier alpha value is -6.06. The van der Waals surface area contributed by atoms with Gasteiger partial charge in [-0.3, -0.25) is 9.98 Å². The summed E-state index contributed by atoms with van der Waals surface area (Å²) in [6.45, 7) is 4.57. The molecule has 50 heavy (non-hydrogen) atoms. The van der Waals surface area contributed by atoms with Crippen molar-refractivity contribution in [2.45, 2.75) is 25.8 Å². The van der Waals surface area contributed by atoms with Gasteiger partial charge in [0.15, 0.2) is 0 Å². The maximum atomic E-state index is 5.20. The van der Waals surface area contributed by atoms with Crippen LogP contribution in [-0.2, 0) is 6.54 Å². The molecule has 0 spiro atoms. The van der Waals surface area contributed by atoms with E-state index in [1.54, 1.807) is 0 Å². The van der Waals surface area contributed by atoms with Gasteiger partial charge in [-0.15, -0.1) is 0 Å². The Bertz CT molecular complexity index is 2660. The third-order valence-corrected chi connectivity index (χ3v) is 10.3. The number of aromatic nitrogens is 1. The first-order chi connectivity index (χ1) is 24.8. The van der Waals surface area contributed by atoms with Gasteiger partial charge >= 0.3 is 0 Å². The largest absolute Gasteiger partial charge is 0.312 e. The quantitative estimate of drug-likeness (QED) is 0.122. The molecule has 1 unspecified atom stereocenters. The van der Waals surface area contributed by atoms with Crippen LogP contribution in [-0.4, -0.2) is 17.0 Å². The third kappa shape index (κ3) is 5.23. The number of fused-ring (bicyclic) bond motifs is 9. The van der Waals surface area contributed by atoms with Crippen LogP contribution in [0.3, 0.4) is 0 Å². The fourth-order valence-corrected chi connectivity index (χ4v) is 7.90. The molecule has 2 aliphatic carbocycles. The van der Waals surface area contributed by atoms with Gasteiger partial charge in [0.1, 0.15) is 0 Å². The molecule has 3 nitrogen and oxygen atoms in total. The van der Waals surface area contributed by atoms with Gasteiger partial charge < -0.3 is 4.57 Å². The van der Waals surface area contributed by atoms with Gasteiger partial charge in [-0.2, -0.15) is 0 Å². The van der Waals surface area contributed by atoms with E-state index in [-0.39, 0.29) is 5.92 Å². The summed E-state index contributed by atoms with van der Waals surface area (Å²) in [5, 5.41) is 10.3. The summed E-state index contributed by atoms with van der Waals surface area (Å²) in [5.41, 5.74) is 8.18. The zero-order valence-electron chi connectivity index (χ0n) is 28.0. The van der Waals surface area contributed by atoms with Crippen LogP contribution in [0, 0.1) is 5.92 Å². The molecule has 0 bridgehead atoms. The topological polar surface area (TPSA) is 29.6 Å². The Balaban J connectivity index is 1.25. The summed E-state index contributed by atoms with van der Waals surface area (Å²) in [6.07, 6.45) is 18.1. The molecular formula is C47H37N3. The smallest absolute Gasteiger partial charge is 0.0647 e. The van der Waals surface area contributed by atoms with E-state index in [0.29, 0.717) is 6.54 Å². The Morgan fingerprint density at radius 2 is 1.42 bits per heavy atom. The Kier molecular flexibility index (Phi) is 7.66. The number of aliphatic imine (C=N–C) groups is 2. The van der Waals surface area contributed by atoms with Gasteiger partial charge in [0.2, 0.25) is 0 Å². The highest BCUT2D eigenvalue weighted by Crippen LogP contribution is 2.44. The fourth-order valence-electron chi connectivity index (χ4n) is 7.90. The number of benzene rings is 6. The molecule has 6 aromatic carbocycles. The molecule has 240 valence electrons. The number of hydrogen-bond acceptors (Lipinski definition) is 2. The van der Waals surface area contributed by atoms with Gasteiger partial charge in [-0.05, 0) is 88.3 Å². The van der Waals surface area contributed by atoms with Crippen LogP contribution < -0.4 is 0 Å². The lowest BCUT2D eigenvalue weighted by Gasteiger charge is -2.20. The number of nitrogens with zero attached hydrogens (tertiary/aromatic N) is 3. The maximum Gasteiger partial charge on any atom is 0.0647 e. The molecule has 3 heteroatoms. The van der Waals surface area contributed by atoms with E-state index in [1.807, 2.05) is 0 Å². The lowest BCUT2D eigenvalue weighted by Crippen LogP contribution is -2.10. The van der Waals surface area contributed by atoms with Crippen molar-refractivity contribution < 1.29 is 0 Å². The lowest BCUT2D eigenvalue weighted by molar-refractivity contribution is 0.759. The van der Waals surface area contributed by atoms with E-state index in [1.165, 1.54) is 71.0 Å². The molecule has 1 aromatic heterocycles. The molecular weight excluding hydrogens is 607 g/mol. The van der Waals surface area contributed by atoms with Crippen molar-refractivity contribution in [2.24, 2.45) is 15.9 Å². The minimum absolute atomic E-state index is 0.199. The lowest BCUT2D eigenvalue weighted by atomic mass is 9.93. The highest BCUT2D eigenvalue weighted by molar-refractivity contribution is 6.33. The van der Waals surface area contributed by atoms with Gasteiger partial charge in [0, 0.05) is 33.5 Å². The second kappa shape index (κ2) is 12.8. The fraction of sp³-hybridized carbons (Fsp3) is 0.106. The second-order valence-corrected chi connectivity index (χ2v) is 13.3. The van der Waals surface area contributed by atoms with E-state index < -0.39 is 0 Å². The predicted octanol–water partition coefficient (Wildman–Crippen LogP) is 12.2. The molecule has 2 aliphatic rings. The zero-order chi connectivity index (χ0) is 33.4. The van der Waals surface area contributed by atoms with Crippen LogP contribution in [0.5, 0.6) is 0 Å². The summed E-state index contributed by atoms with van der Waals surface area (Å²) in [4.78, 5) is 9.71. The van der Waals surface area contributed by atoms with Crippen LogP contribution in [0.15, 0.2) is 179 Å². The maximum absolute atomic E-state index is 5.20. The van der Waals surface area contributed by atoms with E-state index in [0.717, 1.165) is 30.7 Å². The molecule has 0 aliphatic heterocycles. The SMILES string of the molecule is C=N/C(=C\C(=NCc1ccccc1)C1=CC=C(n2c3cc4ccccc4cc3c3c4ccccc4c4ccccc4c32)CC1)C1C=CC=CC1. The van der Waals surface area contributed by atoms with Crippen molar-refractivity contribution in [3.05, 3.63) is 175 Å². The molecule has 0 amide bonds. The van der Waals surface area contributed by atoms with Crippen molar-refractivity contribution in [1.29, 1.82) is 0 Å². The van der Waals surface area contributed by atoms with Crippen molar-refractivity contribution in [3.8, 4) is 0 Å². The first kappa shape index (κ1) is 30.0. The molecule has 1 heterocycles. The van der Waals surface area contributed by atoms with E-state index >= 15 is 0 Å². The molecule has 0 fully saturated rings. The number of rotatable bonds is 7. The van der Waals surface area contributed by atoms with Crippen LogP contribution in [0.4, 0.5) is 0 Å². The van der Waals surface area contributed by atoms with Crippen molar-refractivity contribution in [3.63, 3.8) is 0 Å². The Morgan fingerprint density at radius 3 is 2.14 bits per heavy atom. The summed E-state index contributed by atoms with van der Waals surface area (Å²) in [5.74, 6) is 0.199. The average molecular weight is 644 g/mol. The van der Waals surface area contributed by atoms with Crippen LogP contribution in [0.25, 0.3) is 59.8 Å². The summed E-state index contributed by atoms with van der Waals surface area (Å²) in [6, 6.07) is 41.8. The van der Waals surface area contributed by atoms with E-state index in [4.69, 9.17) is 4.99 Å². The molecule has 9 rings (SSSR count). The summed E-state index contributed by atoms with van der Waals surface area (Å²) in [7, 11) is 0. The molecule has 7 aromatic rings. The average Bonchev–Trinajstić information content (AvgIpc) is 3.52. The monoisotopic (exact) mass is 643 g/mol. The van der Waals surface area contributed by atoms with Crippen LogP contribution >= 0.6 is 0 Å². The van der Waals surface area contributed by atoms with E-state index in [9.17, 15) is 0 Å². The van der Waals surface area contributed by atoms with E-state index in [2.05, 4.69) is 174 Å². The van der Waals surface area contributed by atoms with Gasteiger partial charge in [0.25, 0.3) is 0 Å². The van der Waals surface area contributed by atoms with Crippen molar-refractivity contribution in [2.75, 3.05) is 0 Å². The van der Waals surface area contributed by atoms with Gasteiger partial charge in [-0.25, -0.2) is 0 Å². The first-order valence-electron chi connectivity index (χ1n) is 17.5. The summed E-state index contributed by atoms with van der Waals surface area (Å²) < 4.78 is 2.55. The molecule has 0 saturated heterocycles. The van der Waals surface area contributed by atoms with Crippen LogP contribution in [0.1, 0.15) is 24.8 Å². The minimum Gasteiger partial charge on any atom is -0.312 e. The molecule has 1 atom stereocenters. The van der Waals surface area contributed by atoms with Crippen molar-refractivity contribution >= 4 is 72.2 Å². The molecule has 0 radical (unpaired) electrons. The standard InChI is InChI=1S/C47H37N3/c1-48-43(33-16-6-3-7-17-33)30-44(49-31-32-14-4-2-5-15-32)34-24-26-37(27-25-34)50-45-29-36-19-9-8-18-35(36)28-42(45)46-40-22-12-10-20-38(40)39-21-11-13-23-41(39)47(46)50/h2-16,18-24,26,28-30,33H,1,17,25,27,31H2/b43-30-,49-44?. The molecule has 0 N–H and O–H groups in total. The van der Waals surface area contributed by atoms with Gasteiger partial charge in [-0.1, -0.05) is 134 Å². The minimum atomic E-state index is 0.199. The summed E-state index contributed by atoms with van der Waals surface area (Å²) >= 11 is 0. The Labute approximate surface area is 292 Å². The normalized spacial score (nSPS) is 16.8. The first-order valence-corrected chi connectivity index (χ1v) is 17.5. The predicted molar refractivity (Wildman–Crippen MR) is 215 cm³/mol. The van der Waals surface area contributed by atoms with Crippen LogP contribution in [0.2, 0.25) is 0 Å². The molecule has 0 saturated carbocycles. The van der Waals surface area contributed by atoms with Crippen molar-refractivity contribution in [1.82, 2.24) is 4.57 Å². The number of hydrogen-bond donors (Lipinski definition) is 0. The second-order valence-electron chi connectivity index (χ2n) is 13.3. The number of allylic oxidation sites excluding steroid dienone is 9. The zero-order valence-corrected chi connectivity index (χ0v) is 28.0. The highest BCUT2D eigenvalue weighted by atomic mass is 15.0. The highest BCUT2D eigenvalue weighted by Gasteiger charge is 2.22. The Morgan fingerprint density at radius 1 is 0.720 bits per heavy atom. The third-order valence-electron chi connectivity index (χ3n) is 10.3.